The van der Waals surface area contributed by atoms with Crippen LogP contribution in [0.25, 0.3) is 0 Å². The van der Waals surface area contributed by atoms with Gasteiger partial charge in [0.25, 0.3) is 0 Å². The van der Waals surface area contributed by atoms with Crippen LogP contribution in [-0.2, 0) is 35.8 Å². The molecule has 5 rings (SSSR count). The highest BCUT2D eigenvalue weighted by molar-refractivity contribution is 7.59. The predicted octanol–water partition coefficient (Wildman–Crippen LogP) is 3.15. The predicted molar refractivity (Wildman–Crippen MR) is 154 cm³/mol. The monoisotopic (exact) mass is 646 g/mol. The van der Waals surface area contributed by atoms with Crippen molar-refractivity contribution in [2.45, 2.75) is 75.7 Å². The van der Waals surface area contributed by atoms with E-state index in [9.17, 15) is 32.7 Å². The number of aliphatic carboxylic acids is 2. The number of hydrogen-bond donors (Lipinski definition) is 3. The van der Waals surface area contributed by atoms with E-state index in [1.807, 2.05) is 12.1 Å². The second kappa shape index (κ2) is 13.3. The van der Waals surface area contributed by atoms with Crippen molar-refractivity contribution in [2.24, 2.45) is 11.8 Å². The number of alkyl halides is 3. The van der Waals surface area contributed by atoms with Crippen LogP contribution in [0.2, 0.25) is 0 Å². The maximum atomic E-state index is 12.8. The highest BCUT2D eigenvalue weighted by Gasteiger charge is 2.64. The van der Waals surface area contributed by atoms with Crippen LogP contribution in [0.4, 0.5) is 13.2 Å². The number of nitrogens with one attached hydrogen (secondary N) is 1. The Morgan fingerprint density at radius 3 is 2.41 bits per heavy atom. The third kappa shape index (κ3) is 6.48. The van der Waals surface area contributed by atoms with Crippen LogP contribution in [0.15, 0.2) is 24.0 Å². The molecule has 0 saturated carbocycles. The molecule has 2 aliphatic heterocycles. The number of carboxylic acid groups (broad SMARTS) is 2. The number of likely N-dealkylation sites (tertiary alicyclic amines) is 1. The lowest BCUT2D eigenvalue weighted by molar-refractivity contribution is -0.192. The topological polar surface area (TPSA) is 152 Å². The molecule has 44 heavy (non-hydrogen) atoms. The van der Waals surface area contributed by atoms with E-state index in [2.05, 4.69) is 23.3 Å². The minimum Gasteiger partial charge on any atom is -0.493 e. The first-order chi connectivity index (χ1) is 20.1. The lowest BCUT2D eigenvalue weighted by Gasteiger charge is -2.56. The zero-order chi connectivity index (χ0) is 31.9. The van der Waals surface area contributed by atoms with Crippen LogP contribution in [-0.4, -0.2) is 84.0 Å². The van der Waals surface area contributed by atoms with Gasteiger partial charge in [-0.25, -0.2) is 9.59 Å². The van der Waals surface area contributed by atoms with Crippen LogP contribution < -0.4 is 14.8 Å². The number of methoxy groups -OCH3 is 1. The molecule has 1 spiro atoms. The van der Waals surface area contributed by atoms with Crippen molar-refractivity contribution in [3.05, 3.63) is 35.1 Å². The number of likely N-dealkylation sites (N-methyl/N-ethyl adjacent to an activating group) is 1. The fourth-order valence-corrected chi connectivity index (χ4v) is 6.72. The largest absolute Gasteiger partial charge is 0.493 e. The summed E-state index contributed by atoms with van der Waals surface area (Å²) < 4.78 is 49.7. The first-order valence-electron chi connectivity index (χ1n) is 13.9. The van der Waals surface area contributed by atoms with Gasteiger partial charge in [0.05, 0.1) is 13.5 Å². The standard InChI is InChI=1S/C27H34N2O7.C2HF3O2.H2S/c1-14(2)23(26(32)33)28-20(30)9-10-21(31)35-19-8-6-16-17-13-15-5-7-18(34-4)24-22(15)27(16,25(19)36-24)11-12-29(17)3;3-2(4,5)1(6)7;/h5,7-8,14,16-17,23,25H,6,9-13H2,1-4H3,(H,28,30)(H,32,33);(H,6,7);1H2/t16?,17-,23+,25?,27+;;/m1../s1. The van der Waals surface area contributed by atoms with Crippen molar-refractivity contribution in [2.75, 3.05) is 20.7 Å². The van der Waals surface area contributed by atoms with Crippen molar-refractivity contribution in [1.29, 1.82) is 0 Å². The molecular formula is C29H37F3N2O9S. The molecule has 1 amide bonds. The van der Waals surface area contributed by atoms with E-state index in [0.29, 0.717) is 23.5 Å². The maximum Gasteiger partial charge on any atom is 0.490 e. The molecule has 2 aliphatic carbocycles. The maximum absolute atomic E-state index is 12.8. The van der Waals surface area contributed by atoms with E-state index in [-0.39, 0.29) is 37.7 Å². The van der Waals surface area contributed by atoms with Crippen molar-refractivity contribution in [3.8, 4) is 11.5 Å². The summed E-state index contributed by atoms with van der Waals surface area (Å²) in [6.45, 7) is 4.36. The number of esters is 1. The van der Waals surface area contributed by atoms with Crippen LogP contribution in [0, 0.1) is 11.8 Å². The molecule has 0 aromatic heterocycles. The first-order valence-corrected chi connectivity index (χ1v) is 13.9. The van der Waals surface area contributed by atoms with E-state index >= 15 is 0 Å². The second-order valence-electron chi connectivity index (χ2n) is 11.5. The third-order valence-electron chi connectivity index (χ3n) is 8.71. The normalized spacial score (nSPS) is 25.1. The van der Waals surface area contributed by atoms with Crippen molar-refractivity contribution in [3.63, 3.8) is 0 Å². The van der Waals surface area contributed by atoms with Gasteiger partial charge in [0.15, 0.2) is 17.6 Å². The fourth-order valence-electron chi connectivity index (χ4n) is 6.72. The van der Waals surface area contributed by atoms with Gasteiger partial charge >= 0.3 is 24.1 Å². The Kier molecular flexibility index (Phi) is 10.6. The zero-order valence-electron chi connectivity index (χ0n) is 24.7. The van der Waals surface area contributed by atoms with Crippen molar-refractivity contribution < 1.29 is 56.8 Å². The van der Waals surface area contributed by atoms with Gasteiger partial charge in [-0.15, -0.1) is 0 Å². The summed E-state index contributed by atoms with van der Waals surface area (Å²) in [5.74, 6) is -2.86. The van der Waals surface area contributed by atoms with E-state index in [1.165, 1.54) is 11.1 Å². The van der Waals surface area contributed by atoms with Crippen LogP contribution >= 0.6 is 13.5 Å². The van der Waals surface area contributed by atoms with Gasteiger partial charge in [-0.05, 0) is 62.4 Å². The Morgan fingerprint density at radius 2 is 1.84 bits per heavy atom. The van der Waals surface area contributed by atoms with Crippen LogP contribution in [0.5, 0.6) is 11.5 Å². The van der Waals surface area contributed by atoms with Crippen molar-refractivity contribution >= 4 is 37.3 Å². The summed E-state index contributed by atoms with van der Waals surface area (Å²) in [4.78, 5) is 47.7. The third-order valence-corrected chi connectivity index (χ3v) is 8.71. The Morgan fingerprint density at radius 1 is 1.18 bits per heavy atom. The Labute approximate surface area is 259 Å². The summed E-state index contributed by atoms with van der Waals surface area (Å²) in [6, 6.07) is 3.48. The Bertz CT molecular complexity index is 1340. The molecule has 2 heterocycles. The number of carbonyl (C=O) groups is 4. The Balaban J connectivity index is 0.000000594. The number of hydrogen-bond acceptors (Lipinski definition) is 8. The molecule has 1 saturated heterocycles. The summed E-state index contributed by atoms with van der Waals surface area (Å²) in [6.07, 6.45) is -1.20. The number of benzene rings is 1. The summed E-state index contributed by atoms with van der Waals surface area (Å²) in [7, 11) is 3.81. The van der Waals surface area contributed by atoms with E-state index in [4.69, 9.17) is 24.1 Å². The molecule has 2 unspecified atom stereocenters. The number of piperidine rings is 1. The molecule has 3 N–H and O–H groups in total. The van der Waals surface area contributed by atoms with Crippen LogP contribution in [0.3, 0.4) is 0 Å². The molecule has 1 aromatic rings. The molecule has 1 fully saturated rings. The van der Waals surface area contributed by atoms with Gasteiger partial charge in [-0.1, -0.05) is 19.9 Å². The number of ether oxygens (including phenoxy) is 3. The molecule has 11 nitrogen and oxygen atoms in total. The number of nitrogens with zero attached hydrogens (tertiary/aromatic N) is 1. The van der Waals surface area contributed by atoms with Gasteiger partial charge in [0, 0.05) is 23.4 Å². The SMILES string of the molecule is COc1ccc2c3c1OC1C(OC(=O)CCC(=O)N[C@H](C(=O)O)C(C)C)=CCC4[C@@H](C2)N(C)CC[C@]314.O=C(O)C(F)(F)F.S. The summed E-state index contributed by atoms with van der Waals surface area (Å²) >= 11 is 0. The minimum absolute atomic E-state index is 0. The molecule has 5 atom stereocenters. The number of carboxylic acids is 2. The number of carbonyl (C=O) groups excluding carboxylic acids is 2. The number of allylic oxidation sites excluding steroid dienone is 1. The number of rotatable bonds is 8. The van der Waals surface area contributed by atoms with Gasteiger partial charge in [-0.2, -0.15) is 26.7 Å². The van der Waals surface area contributed by atoms with Gasteiger partial charge in [0.2, 0.25) is 5.91 Å². The van der Waals surface area contributed by atoms with Gasteiger partial charge in [0.1, 0.15) is 11.8 Å². The lowest BCUT2D eigenvalue weighted by Crippen LogP contribution is -2.63. The summed E-state index contributed by atoms with van der Waals surface area (Å²) in [5, 5.41) is 18.9. The molecule has 0 radical (unpaired) electrons. The summed E-state index contributed by atoms with van der Waals surface area (Å²) in [5.41, 5.74) is 2.20. The average Bonchev–Trinajstić information content (AvgIpc) is 3.28. The highest BCUT2D eigenvalue weighted by atomic mass is 32.1. The quantitative estimate of drug-likeness (QED) is 0.360. The second-order valence-corrected chi connectivity index (χ2v) is 11.5. The molecule has 2 bridgehead atoms. The zero-order valence-corrected chi connectivity index (χ0v) is 25.7. The van der Waals surface area contributed by atoms with Crippen LogP contribution in [0.1, 0.15) is 50.7 Å². The first kappa shape index (κ1) is 35.0. The number of amides is 1. The lowest BCUT2D eigenvalue weighted by atomic mass is 9.53. The number of halogens is 3. The molecule has 4 aliphatic rings. The highest BCUT2D eigenvalue weighted by Crippen LogP contribution is 2.63. The Hall–Kier alpha value is -3.46. The fraction of sp³-hybridized carbons (Fsp3) is 0.586. The van der Waals surface area contributed by atoms with E-state index in [0.717, 1.165) is 31.6 Å². The molecule has 244 valence electrons. The smallest absolute Gasteiger partial charge is 0.490 e. The molecule has 1 aromatic carbocycles. The van der Waals surface area contributed by atoms with Gasteiger partial charge < -0.3 is 34.6 Å². The van der Waals surface area contributed by atoms with E-state index < -0.39 is 42.1 Å². The molecular weight excluding hydrogens is 609 g/mol. The average molecular weight is 647 g/mol. The molecule has 15 heteroatoms. The van der Waals surface area contributed by atoms with Crippen molar-refractivity contribution in [1.82, 2.24) is 10.2 Å². The van der Waals surface area contributed by atoms with Gasteiger partial charge in [-0.3, -0.25) is 9.59 Å². The minimum atomic E-state index is -5.08. The van der Waals surface area contributed by atoms with E-state index in [1.54, 1.807) is 21.0 Å².